The van der Waals surface area contributed by atoms with Crippen LogP contribution < -0.4 is 5.50 Å². The molecule has 0 aromatic rings. The van der Waals surface area contributed by atoms with Crippen LogP contribution in [0.5, 0.6) is 0 Å². The van der Waals surface area contributed by atoms with E-state index in [1.807, 2.05) is 0 Å². The van der Waals surface area contributed by atoms with E-state index in [2.05, 4.69) is 10.4 Å². The predicted octanol–water partition coefficient (Wildman–Crippen LogP) is -0.186. The lowest BCUT2D eigenvalue weighted by molar-refractivity contribution is 0.356. The molecule has 0 saturated carbocycles. The Morgan fingerprint density at radius 2 is 2.57 bits per heavy atom. The summed E-state index contributed by atoms with van der Waals surface area (Å²) in [4.78, 5) is 8.21. The molecule has 1 unspecified atom stereocenters. The molecule has 0 rings (SSSR count). The lowest BCUT2D eigenvalue weighted by atomic mass is 10.8. The Labute approximate surface area is 43.4 Å². The molecular weight excluding hydrogens is 113 g/mol. The Morgan fingerprint density at radius 3 is 2.71 bits per heavy atom. The van der Waals surface area contributed by atoms with Crippen LogP contribution in [0.15, 0.2) is 0 Å². The molecule has 3 N–H and O–H groups in total. The van der Waals surface area contributed by atoms with Crippen molar-refractivity contribution in [2.45, 2.75) is 0 Å². The second-order valence-electron chi connectivity index (χ2n) is 0.780. The fourth-order valence-corrected chi connectivity index (χ4v) is 0.310. The van der Waals surface area contributed by atoms with Gasteiger partial charge in [-0.1, -0.05) is 5.92 Å². The Hall–Kier alpha value is -0.130. The third-order valence-corrected chi connectivity index (χ3v) is 0.674. The van der Waals surface area contributed by atoms with Crippen molar-refractivity contribution in [1.82, 2.24) is 0 Å². The first-order valence-electron chi connectivity index (χ1n) is 1.57. The zero-order valence-electron chi connectivity index (χ0n) is 3.66. The zero-order valence-corrected chi connectivity index (χ0v) is 4.56. The molecule has 0 heterocycles. The fraction of sp³-hybridized carbons (Fsp3) is 0.333. The SMILES string of the molecule is C#CCOP(N)O. The quantitative estimate of drug-likeness (QED) is 0.391. The molecule has 0 fully saturated rings. The van der Waals surface area contributed by atoms with Crippen LogP contribution in [0.3, 0.4) is 0 Å². The summed E-state index contributed by atoms with van der Waals surface area (Å²) in [7, 11) is -1.75. The minimum Gasteiger partial charge on any atom is -0.338 e. The van der Waals surface area contributed by atoms with Gasteiger partial charge in [0.25, 0.3) is 8.53 Å². The van der Waals surface area contributed by atoms with Crippen molar-refractivity contribution in [2.75, 3.05) is 6.61 Å². The smallest absolute Gasteiger partial charge is 0.251 e. The molecule has 0 aliphatic heterocycles. The molecule has 4 heteroatoms. The maximum Gasteiger partial charge on any atom is 0.251 e. The fourth-order valence-electron chi connectivity index (χ4n) is 0.103. The number of nitrogens with two attached hydrogens (primary N) is 1. The van der Waals surface area contributed by atoms with E-state index in [-0.39, 0.29) is 6.61 Å². The third kappa shape index (κ3) is 5.87. The van der Waals surface area contributed by atoms with Crippen molar-refractivity contribution in [3.05, 3.63) is 0 Å². The maximum absolute atomic E-state index is 8.21. The van der Waals surface area contributed by atoms with Gasteiger partial charge in [-0.2, -0.15) is 0 Å². The van der Waals surface area contributed by atoms with Crippen LogP contribution in [-0.2, 0) is 4.52 Å². The Bertz CT molecular complexity index is 77.5. The highest BCUT2D eigenvalue weighted by Crippen LogP contribution is 2.17. The van der Waals surface area contributed by atoms with E-state index >= 15 is 0 Å². The molecular formula is C3H6NO2P. The first kappa shape index (κ1) is 6.87. The van der Waals surface area contributed by atoms with Gasteiger partial charge in [0.1, 0.15) is 6.61 Å². The molecule has 0 spiro atoms. The molecule has 0 aliphatic rings. The van der Waals surface area contributed by atoms with Gasteiger partial charge in [-0.05, 0) is 0 Å². The van der Waals surface area contributed by atoms with Crippen LogP contribution in [0, 0.1) is 12.3 Å². The summed E-state index contributed by atoms with van der Waals surface area (Å²) in [5.41, 5.74) is 4.78. The predicted molar refractivity (Wildman–Crippen MR) is 28.1 cm³/mol. The molecule has 3 nitrogen and oxygen atoms in total. The summed E-state index contributed by atoms with van der Waals surface area (Å²) in [6, 6.07) is 0. The normalized spacial score (nSPS) is 12.7. The number of terminal acetylenes is 1. The van der Waals surface area contributed by atoms with E-state index in [4.69, 9.17) is 16.8 Å². The Kier molecular flexibility index (Phi) is 3.97. The van der Waals surface area contributed by atoms with Gasteiger partial charge in [-0.15, -0.1) is 6.42 Å². The average Bonchev–Trinajstić information content (AvgIpc) is 1.61. The molecule has 7 heavy (non-hydrogen) atoms. The van der Waals surface area contributed by atoms with Crippen LogP contribution in [0.4, 0.5) is 0 Å². The number of hydrogen-bond donors (Lipinski definition) is 2. The van der Waals surface area contributed by atoms with Gasteiger partial charge in [-0.3, -0.25) is 5.50 Å². The van der Waals surface area contributed by atoms with E-state index in [9.17, 15) is 0 Å². The zero-order chi connectivity index (χ0) is 5.70. The van der Waals surface area contributed by atoms with Crippen molar-refractivity contribution >= 4 is 8.53 Å². The van der Waals surface area contributed by atoms with Crippen molar-refractivity contribution in [1.29, 1.82) is 0 Å². The molecule has 0 aliphatic carbocycles. The van der Waals surface area contributed by atoms with Crippen molar-refractivity contribution in [2.24, 2.45) is 5.50 Å². The number of rotatable bonds is 2. The minimum atomic E-state index is -1.75. The number of hydrogen-bond acceptors (Lipinski definition) is 3. The van der Waals surface area contributed by atoms with Gasteiger partial charge in [0.05, 0.1) is 0 Å². The molecule has 0 aromatic carbocycles. The van der Waals surface area contributed by atoms with E-state index < -0.39 is 8.53 Å². The molecule has 0 saturated heterocycles. The van der Waals surface area contributed by atoms with Crippen molar-refractivity contribution in [3.63, 3.8) is 0 Å². The van der Waals surface area contributed by atoms with Gasteiger partial charge in [0.2, 0.25) is 0 Å². The van der Waals surface area contributed by atoms with Gasteiger partial charge >= 0.3 is 0 Å². The summed E-state index contributed by atoms with van der Waals surface area (Å²) in [6.45, 7) is 0.0820. The summed E-state index contributed by atoms with van der Waals surface area (Å²) in [6.07, 6.45) is 4.75. The van der Waals surface area contributed by atoms with Crippen LogP contribution in [-0.4, -0.2) is 11.5 Å². The molecule has 40 valence electrons. The first-order valence-corrected chi connectivity index (χ1v) is 2.85. The Balaban J connectivity index is 2.86. The van der Waals surface area contributed by atoms with E-state index in [1.54, 1.807) is 0 Å². The van der Waals surface area contributed by atoms with E-state index in [0.717, 1.165) is 0 Å². The van der Waals surface area contributed by atoms with Crippen molar-refractivity contribution < 1.29 is 9.42 Å². The lowest BCUT2D eigenvalue weighted by Crippen LogP contribution is -1.91. The van der Waals surface area contributed by atoms with Crippen LogP contribution in [0.1, 0.15) is 0 Å². The highest BCUT2D eigenvalue weighted by atomic mass is 31.2. The van der Waals surface area contributed by atoms with Crippen LogP contribution in [0.25, 0.3) is 0 Å². The largest absolute Gasteiger partial charge is 0.338 e. The highest BCUT2D eigenvalue weighted by molar-refractivity contribution is 7.43. The summed E-state index contributed by atoms with van der Waals surface area (Å²) < 4.78 is 4.35. The van der Waals surface area contributed by atoms with E-state index in [1.165, 1.54) is 0 Å². The van der Waals surface area contributed by atoms with Gasteiger partial charge in [-0.25, -0.2) is 0 Å². The van der Waals surface area contributed by atoms with Gasteiger partial charge in [0.15, 0.2) is 0 Å². The van der Waals surface area contributed by atoms with Crippen LogP contribution >= 0.6 is 8.53 Å². The molecule has 1 atom stereocenters. The summed E-state index contributed by atoms with van der Waals surface area (Å²) in [5, 5.41) is 0. The molecule has 0 amide bonds. The molecule has 0 bridgehead atoms. The lowest BCUT2D eigenvalue weighted by Gasteiger charge is -1.96. The topological polar surface area (TPSA) is 55.5 Å². The Morgan fingerprint density at radius 1 is 2.00 bits per heavy atom. The standard InChI is InChI=1S/C3H6NO2P/c1-2-3-6-7(4)5/h1,5H,3-4H2. The van der Waals surface area contributed by atoms with Gasteiger partial charge in [0, 0.05) is 0 Å². The van der Waals surface area contributed by atoms with E-state index in [0.29, 0.717) is 0 Å². The summed E-state index contributed by atoms with van der Waals surface area (Å²) in [5.74, 6) is 2.15. The monoisotopic (exact) mass is 119 g/mol. The third-order valence-electron chi connectivity index (χ3n) is 0.280. The van der Waals surface area contributed by atoms with Crippen molar-refractivity contribution in [3.8, 4) is 12.3 Å². The second kappa shape index (κ2) is 4.04. The first-order chi connectivity index (χ1) is 3.27. The van der Waals surface area contributed by atoms with Gasteiger partial charge < -0.3 is 9.42 Å². The average molecular weight is 119 g/mol. The van der Waals surface area contributed by atoms with Crippen LogP contribution in [0.2, 0.25) is 0 Å². The second-order valence-corrected chi connectivity index (χ2v) is 1.64. The molecule has 0 radical (unpaired) electrons. The minimum absolute atomic E-state index is 0.0820. The molecule has 0 aromatic heterocycles. The maximum atomic E-state index is 8.21. The highest BCUT2D eigenvalue weighted by Gasteiger charge is 1.89. The summed E-state index contributed by atoms with van der Waals surface area (Å²) >= 11 is 0.